The first-order valence-corrected chi connectivity index (χ1v) is 12.9. The van der Waals surface area contributed by atoms with Gasteiger partial charge in [0.2, 0.25) is 5.88 Å². The van der Waals surface area contributed by atoms with Crippen LogP contribution in [0.2, 0.25) is 5.02 Å². The zero-order chi connectivity index (χ0) is 27.6. The minimum atomic E-state index is -0.771. The largest absolute Gasteiger partial charge is 0.494 e. The highest BCUT2D eigenvalue weighted by atomic mass is 35.5. The van der Waals surface area contributed by atoms with Gasteiger partial charge in [-0.25, -0.2) is 4.39 Å². The molecule has 1 N–H and O–H groups in total. The molecule has 1 aromatic heterocycles. The lowest BCUT2D eigenvalue weighted by molar-refractivity contribution is -0.122. The molecule has 0 saturated carbocycles. The zero-order valence-corrected chi connectivity index (χ0v) is 22.3. The van der Waals surface area contributed by atoms with Crippen LogP contribution >= 0.6 is 35.6 Å². The van der Waals surface area contributed by atoms with Gasteiger partial charge in [-0.15, -0.1) is 0 Å². The zero-order valence-electron chi connectivity index (χ0n) is 19.9. The molecule has 1 amide bonds. The number of hydrogen-bond acceptors (Lipinski definition) is 7. The topological polar surface area (TPSA) is 103 Å². The van der Waals surface area contributed by atoms with Crippen molar-refractivity contribution < 1.29 is 19.1 Å². The first kappa shape index (κ1) is 27.3. The smallest absolute Gasteiger partial charge is 0.271 e. The molecular formula is C27H19ClFN3O4S2. The molecule has 1 fully saturated rings. The summed E-state index contributed by atoms with van der Waals surface area (Å²) >= 11 is 12.4. The van der Waals surface area contributed by atoms with E-state index in [1.165, 1.54) is 36.1 Å². The van der Waals surface area contributed by atoms with Gasteiger partial charge >= 0.3 is 0 Å². The van der Waals surface area contributed by atoms with Crippen molar-refractivity contribution in [3.63, 3.8) is 0 Å². The van der Waals surface area contributed by atoms with Crippen molar-refractivity contribution in [3.05, 3.63) is 102 Å². The molecule has 3 aromatic rings. The minimum Gasteiger partial charge on any atom is -0.494 e. The van der Waals surface area contributed by atoms with Crippen LogP contribution in [0.5, 0.6) is 5.88 Å². The van der Waals surface area contributed by atoms with Gasteiger partial charge in [0.25, 0.3) is 11.5 Å². The van der Waals surface area contributed by atoms with Crippen molar-refractivity contribution in [2.75, 3.05) is 6.54 Å². The molecule has 0 aliphatic carbocycles. The summed E-state index contributed by atoms with van der Waals surface area (Å²) in [5.74, 6) is -2.00. The van der Waals surface area contributed by atoms with Gasteiger partial charge in [0.05, 0.1) is 17.0 Å². The van der Waals surface area contributed by atoms with Crippen LogP contribution in [0.25, 0.3) is 6.08 Å². The van der Waals surface area contributed by atoms with Gasteiger partial charge < -0.3 is 5.11 Å². The molecule has 0 bridgehead atoms. The fourth-order valence-electron chi connectivity index (χ4n) is 3.95. The summed E-state index contributed by atoms with van der Waals surface area (Å²) in [6, 6.07) is 14.0. The Bertz CT molecular complexity index is 1590. The van der Waals surface area contributed by atoms with Crippen LogP contribution in [0.4, 0.5) is 4.39 Å². The summed E-state index contributed by atoms with van der Waals surface area (Å²) in [7, 11) is 0. The molecule has 0 atom stereocenters. The predicted octanol–water partition coefficient (Wildman–Crippen LogP) is 5.05. The third kappa shape index (κ3) is 5.55. The highest BCUT2D eigenvalue weighted by Gasteiger charge is 2.33. The molecule has 38 heavy (non-hydrogen) atoms. The molecule has 192 valence electrons. The van der Waals surface area contributed by atoms with Gasteiger partial charge in [0.1, 0.15) is 21.8 Å². The molecule has 0 radical (unpaired) electrons. The highest BCUT2D eigenvalue weighted by molar-refractivity contribution is 8.26. The molecule has 1 aliphatic rings. The normalized spacial score (nSPS) is 14.3. The second-order valence-corrected chi connectivity index (χ2v) is 10.5. The number of halogens is 2. The van der Waals surface area contributed by atoms with Gasteiger partial charge in [-0.1, -0.05) is 59.8 Å². The Labute approximate surface area is 231 Å². The quantitative estimate of drug-likeness (QED) is 0.242. The predicted molar refractivity (Wildman–Crippen MR) is 148 cm³/mol. The number of nitrogens with zero attached hydrogens (tertiary/aromatic N) is 3. The number of hydrogen-bond donors (Lipinski definition) is 1. The molecule has 11 heteroatoms. The Morgan fingerprint density at radius 2 is 1.84 bits per heavy atom. The van der Waals surface area contributed by atoms with Crippen LogP contribution in [0.15, 0.2) is 58.2 Å². The second kappa shape index (κ2) is 11.3. The molecular weight excluding hydrogens is 549 g/mol. The lowest BCUT2D eigenvalue weighted by Gasteiger charge is -2.17. The van der Waals surface area contributed by atoms with Crippen LogP contribution in [-0.4, -0.2) is 37.1 Å². The first-order chi connectivity index (χ1) is 18.1. The lowest BCUT2D eigenvalue weighted by atomic mass is 9.99. The summed E-state index contributed by atoms with van der Waals surface area (Å²) in [6.07, 6.45) is 1.46. The third-order valence-corrected chi connectivity index (χ3v) is 7.57. The average molecular weight is 568 g/mol. The van der Waals surface area contributed by atoms with E-state index in [-0.39, 0.29) is 46.4 Å². The van der Waals surface area contributed by atoms with E-state index in [0.717, 1.165) is 21.9 Å². The molecule has 2 aromatic carbocycles. The van der Waals surface area contributed by atoms with Crippen molar-refractivity contribution in [1.82, 2.24) is 9.47 Å². The summed E-state index contributed by atoms with van der Waals surface area (Å²) in [5.41, 5.74) is 0.0464. The van der Waals surface area contributed by atoms with Crippen molar-refractivity contribution in [2.24, 2.45) is 0 Å². The van der Waals surface area contributed by atoms with E-state index in [1.54, 1.807) is 36.4 Å². The van der Waals surface area contributed by atoms with Crippen LogP contribution in [0.1, 0.15) is 39.0 Å². The van der Waals surface area contributed by atoms with Gasteiger partial charge in [-0.05, 0) is 54.0 Å². The Kier molecular flexibility index (Phi) is 8.11. The molecule has 2 heterocycles. The molecule has 0 spiro atoms. The third-order valence-electron chi connectivity index (χ3n) is 5.94. The lowest BCUT2D eigenvalue weighted by Crippen LogP contribution is -2.31. The Balaban J connectivity index is 1.58. The minimum absolute atomic E-state index is 0.0448. The van der Waals surface area contributed by atoms with Gasteiger partial charge in [-0.2, -0.15) is 5.26 Å². The number of nitriles is 1. The van der Waals surface area contributed by atoms with Crippen LogP contribution in [0, 0.1) is 24.1 Å². The van der Waals surface area contributed by atoms with Crippen LogP contribution < -0.4 is 5.56 Å². The number of carbonyl (C=O) groups excluding carboxylic acids is 2. The summed E-state index contributed by atoms with van der Waals surface area (Å²) in [4.78, 5) is 40.7. The maximum atomic E-state index is 13.3. The standard InChI is InChI=1S/C27H19ClFN3O4S2/c1-15-20(13-30)24(34)32(14-17-4-8-19(29)9-5-17)26(36)23(15)21(33)10-11-31-25(35)22(38-27(31)37)12-16-2-6-18(28)7-3-16/h2-9,12,36H,10-11,14H2,1H3/b22-12-. The molecule has 0 unspecified atom stereocenters. The summed E-state index contributed by atoms with van der Waals surface area (Å²) < 4.78 is 14.5. The number of aromatic hydroxyl groups is 1. The molecule has 7 nitrogen and oxygen atoms in total. The number of benzene rings is 2. The fraction of sp³-hybridized carbons (Fsp3) is 0.148. The maximum absolute atomic E-state index is 13.3. The number of ketones is 1. The highest BCUT2D eigenvalue weighted by Crippen LogP contribution is 2.33. The Morgan fingerprint density at radius 1 is 1.18 bits per heavy atom. The SMILES string of the molecule is Cc1c(C(=O)CCN2C(=O)/C(=C/c3ccc(Cl)cc3)SC2=S)c(O)n(Cc2ccc(F)cc2)c(=O)c1C#N. The van der Waals surface area contributed by atoms with Gasteiger partial charge in [0, 0.05) is 18.0 Å². The van der Waals surface area contributed by atoms with Crippen molar-refractivity contribution in [2.45, 2.75) is 19.9 Å². The van der Waals surface area contributed by atoms with E-state index in [9.17, 15) is 29.1 Å². The van der Waals surface area contributed by atoms with E-state index in [4.69, 9.17) is 23.8 Å². The van der Waals surface area contributed by atoms with Crippen molar-refractivity contribution >= 4 is 57.7 Å². The van der Waals surface area contributed by atoms with Crippen molar-refractivity contribution in [1.29, 1.82) is 5.26 Å². The number of pyridine rings is 1. The average Bonchev–Trinajstić information content (AvgIpc) is 3.15. The van der Waals surface area contributed by atoms with E-state index >= 15 is 0 Å². The number of aromatic nitrogens is 1. The van der Waals surface area contributed by atoms with Crippen LogP contribution in [-0.2, 0) is 11.3 Å². The van der Waals surface area contributed by atoms with E-state index in [2.05, 4.69) is 0 Å². The van der Waals surface area contributed by atoms with Gasteiger partial charge in [-0.3, -0.25) is 23.9 Å². The Morgan fingerprint density at radius 3 is 2.47 bits per heavy atom. The van der Waals surface area contributed by atoms with E-state index in [1.807, 2.05) is 0 Å². The molecule has 4 rings (SSSR count). The number of Topliss-reactive ketones (excluding diaryl/α,β-unsaturated/α-hetero) is 1. The Hall–Kier alpha value is -3.78. The number of thiocarbonyl (C=S) groups is 1. The number of rotatable bonds is 7. The maximum Gasteiger partial charge on any atom is 0.271 e. The summed E-state index contributed by atoms with van der Waals surface area (Å²) in [5, 5.41) is 21.0. The van der Waals surface area contributed by atoms with Crippen LogP contribution in [0.3, 0.4) is 0 Å². The van der Waals surface area contributed by atoms with Crippen molar-refractivity contribution in [3.8, 4) is 11.9 Å². The number of thioether (sulfide) groups is 1. The monoisotopic (exact) mass is 567 g/mol. The molecule has 1 saturated heterocycles. The van der Waals surface area contributed by atoms with Gasteiger partial charge in [0.15, 0.2) is 5.78 Å². The summed E-state index contributed by atoms with van der Waals surface area (Å²) in [6.45, 7) is 1.17. The van der Waals surface area contributed by atoms with E-state index < -0.39 is 23.0 Å². The van der Waals surface area contributed by atoms with E-state index in [0.29, 0.717) is 15.5 Å². The molecule has 1 aliphatic heterocycles. The second-order valence-electron chi connectivity index (χ2n) is 8.39. The number of carbonyl (C=O) groups is 2. The fourth-order valence-corrected chi connectivity index (χ4v) is 5.38. The number of amides is 1. The first-order valence-electron chi connectivity index (χ1n) is 11.3.